The first-order chi connectivity index (χ1) is 10.1. The van der Waals surface area contributed by atoms with Crippen molar-refractivity contribution in [3.8, 4) is 11.5 Å². The highest BCUT2D eigenvalue weighted by Crippen LogP contribution is 2.25. The van der Waals surface area contributed by atoms with Crippen LogP contribution in [0.3, 0.4) is 0 Å². The molecule has 0 aliphatic rings. The normalized spacial score (nSPS) is 10.9. The topological polar surface area (TPSA) is 85.3 Å². The van der Waals surface area contributed by atoms with Crippen LogP contribution in [0.4, 0.5) is 0 Å². The Morgan fingerprint density at radius 2 is 2.05 bits per heavy atom. The number of aromatic amines is 1. The van der Waals surface area contributed by atoms with Crippen LogP contribution in [-0.2, 0) is 6.42 Å². The van der Waals surface area contributed by atoms with Crippen LogP contribution >= 0.6 is 11.3 Å². The van der Waals surface area contributed by atoms with E-state index in [4.69, 9.17) is 0 Å². The number of carbonyl (C=O) groups excluding carboxylic acids is 1. The van der Waals surface area contributed by atoms with Gasteiger partial charge < -0.3 is 20.5 Å². The van der Waals surface area contributed by atoms with E-state index in [-0.39, 0.29) is 17.4 Å². The number of rotatable bonds is 4. The van der Waals surface area contributed by atoms with Crippen LogP contribution < -0.4 is 5.32 Å². The molecule has 0 saturated heterocycles. The maximum Gasteiger partial charge on any atom is 0.267 e. The molecule has 2 heterocycles. The van der Waals surface area contributed by atoms with Crippen LogP contribution in [0, 0.1) is 0 Å². The summed E-state index contributed by atoms with van der Waals surface area (Å²) in [5, 5.41) is 23.4. The SMILES string of the molecule is O=C(NCCc1ccc(O)c(O)c1)c1cc2sccc2[nH]1. The zero-order valence-electron chi connectivity index (χ0n) is 11.1. The highest BCUT2D eigenvalue weighted by molar-refractivity contribution is 7.17. The fraction of sp³-hybridized carbons (Fsp3) is 0.133. The first kappa shape index (κ1) is 13.5. The van der Waals surface area contributed by atoms with E-state index in [0.29, 0.717) is 18.7 Å². The van der Waals surface area contributed by atoms with Gasteiger partial charge in [0.25, 0.3) is 5.91 Å². The number of aromatic nitrogens is 1. The molecule has 21 heavy (non-hydrogen) atoms. The third kappa shape index (κ3) is 2.85. The fourth-order valence-corrected chi connectivity index (χ4v) is 2.89. The van der Waals surface area contributed by atoms with Crippen LogP contribution in [0.25, 0.3) is 10.2 Å². The summed E-state index contributed by atoms with van der Waals surface area (Å²) in [5.74, 6) is -0.445. The monoisotopic (exact) mass is 302 g/mol. The van der Waals surface area contributed by atoms with Crippen molar-refractivity contribution in [3.63, 3.8) is 0 Å². The third-order valence-corrected chi connectivity index (χ3v) is 4.09. The Balaban J connectivity index is 1.58. The van der Waals surface area contributed by atoms with Crippen molar-refractivity contribution >= 4 is 27.5 Å². The van der Waals surface area contributed by atoms with Gasteiger partial charge in [-0.1, -0.05) is 6.07 Å². The molecular weight excluding hydrogens is 288 g/mol. The summed E-state index contributed by atoms with van der Waals surface area (Å²) in [6.07, 6.45) is 0.578. The van der Waals surface area contributed by atoms with Crippen molar-refractivity contribution in [2.75, 3.05) is 6.54 Å². The number of aromatic hydroxyl groups is 2. The van der Waals surface area contributed by atoms with Crippen molar-refractivity contribution < 1.29 is 15.0 Å². The Kier molecular flexibility index (Phi) is 3.53. The number of thiophene rings is 1. The number of phenols is 2. The Morgan fingerprint density at radius 3 is 2.81 bits per heavy atom. The lowest BCUT2D eigenvalue weighted by atomic mass is 10.1. The number of amides is 1. The molecule has 0 unspecified atom stereocenters. The largest absolute Gasteiger partial charge is 0.504 e. The zero-order chi connectivity index (χ0) is 14.8. The van der Waals surface area contributed by atoms with Crippen LogP contribution in [0.15, 0.2) is 35.7 Å². The van der Waals surface area contributed by atoms with E-state index in [2.05, 4.69) is 10.3 Å². The zero-order valence-corrected chi connectivity index (χ0v) is 11.9. The summed E-state index contributed by atoms with van der Waals surface area (Å²) in [5.41, 5.74) is 2.36. The molecule has 0 radical (unpaired) electrons. The molecule has 3 rings (SSSR count). The minimum atomic E-state index is -0.151. The molecule has 0 saturated carbocycles. The predicted molar refractivity (Wildman–Crippen MR) is 82.0 cm³/mol. The van der Waals surface area contributed by atoms with E-state index < -0.39 is 0 Å². The second-order valence-corrected chi connectivity index (χ2v) is 5.66. The van der Waals surface area contributed by atoms with Gasteiger partial charge in [-0.3, -0.25) is 4.79 Å². The summed E-state index contributed by atoms with van der Waals surface area (Å²) >= 11 is 1.59. The predicted octanol–water partition coefficient (Wildman–Crippen LogP) is 2.61. The molecule has 2 aromatic heterocycles. The standard InChI is InChI=1S/C15H14N2O3S/c18-12-2-1-9(7-13(12)19)3-5-16-15(20)11-8-14-10(17-11)4-6-21-14/h1-2,4,6-8,17-19H,3,5H2,(H,16,20). The van der Waals surface area contributed by atoms with E-state index in [1.807, 2.05) is 17.5 Å². The number of nitrogens with one attached hydrogen (secondary N) is 2. The fourth-order valence-electron chi connectivity index (χ4n) is 2.11. The van der Waals surface area contributed by atoms with Crippen molar-refractivity contribution in [3.05, 3.63) is 47.0 Å². The molecule has 3 aromatic rings. The second kappa shape index (κ2) is 5.49. The highest BCUT2D eigenvalue weighted by atomic mass is 32.1. The Hall–Kier alpha value is -2.47. The maximum absolute atomic E-state index is 12.0. The molecule has 6 heteroatoms. The van der Waals surface area contributed by atoms with E-state index in [1.165, 1.54) is 12.1 Å². The number of carbonyl (C=O) groups is 1. The molecule has 0 aliphatic carbocycles. The van der Waals surface area contributed by atoms with E-state index in [1.54, 1.807) is 17.4 Å². The molecule has 0 spiro atoms. The average molecular weight is 302 g/mol. The number of phenolic OH excluding ortho intramolecular Hbond substituents is 2. The molecule has 1 amide bonds. The summed E-state index contributed by atoms with van der Waals surface area (Å²) in [4.78, 5) is 15.1. The molecule has 5 nitrogen and oxygen atoms in total. The van der Waals surface area contributed by atoms with Gasteiger partial charge in [-0.25, -0.2) is 0 Å². The lowest BCUT2D eigenvalue weighted by Gasteiger charge is -2.05. The Morgan fingerprint density at radius 1 is 1.19 bits per heavy atom. The van der Waals surface area contributed by atoms with Gasteiger partial charge in [-0.15, -0.1) is 11.3 Å². The summed E-state index contributed by atoms with van der Waals surface area (Å²) < 4.78 is 1.06. The highest BCUT2D eigenvalue weighted by Gasteiger charge is 2.09. The summed E-state index contributed by atoms with van der Waals surface area (Å²) in [7, 11) is 0. The first-order valence-electron chi connectivity index (χ1n) is 6.49. The van der Waals surface area contributed by atoms with Crippen LogP contribution in [-0.4, -0.2) is 27.6 Å². The van der Waals surface area contributed by atoms with Crippen molar-refractivity contribution in [1.29, 1.82) is 0 Å². The van der Waals surface area contributed by atoms with E-state index >= 15 is 0 Å². The smallest absolute Gasteiger partial charge is 0.267 e. The summed E-state index contributed by atoms with van der Waals surface area (Å²) in [6.45, 7) is 0.454. The van der Waals surface area contributed by atoms with E-state index in [0.717, 1.165) is 15.8 Å². The van der Waals surface area contributed by atoms with Gasteiger partial charge in [0.1, 0.15) is 5.69 Å². The minimum absolute atomic E-state index is 0.144. The van der Waals surface area contributed by atoms with Gasteiger partial charge in [-0.05, 0) is 41.6 Å². The van der Waals surface area contributed by atoms with Gasteiger partial charge in [0.15, 0.2) is 11.5 Å². The second-order valence-electron chi connectivity index (χ2n) is 4.71. The minimum Gasteiger partial charge on any atom is -0.504 e. The number of hydrogen-bond acceptors (Lipinski definition) is 4. The molecule has 0 aliphatic heterocycles. The third-order valence-electron chi connectivity index (χ3n) is 3.22. The number of fused-ring (bicyclic) bond motifs is 1. The Labute approximate surface area is 124 Å². The number of benzene rings is 1. The quantitative estimate of drug-likeness (QED) is 0.559. The van der Waals surface area contributed by atoms with Gasteiger partial charge >= 0.3 is 0 Å². The van der Waals surface area contributed by atoms with Gasteiger partial charge in [0, 0.05) is 6.54 Å². The van der Waals surface area contributed by atoms with Crippen LogP contribution in [0.5, 0.6) is 11.5 Å². The van der Waals surface area contributed by atoms with Crippen molar-refractivity contribution in [1.82, 2.24) is 10.3 Å². The van der Waals surface area contributed by atoms with Crippen molar-refractivity contribution in [2.24, 2.45) is 0 Å². The molecule has 108 valence electrons. The maximum atomic E-state index is 12.0. The van der Waals surface area contributed by atoms with Crippen LogP contribution in [0.1, 0.15) is 16.1 Å². The molecule has 4 N–H and O–H groups in total. The molecule has 0 atom stereocenters. The number of hydrogen-bond donors (Lipinski definition) is 4. The Bertz CT molecular complexity index is 763. The van der Waals surface area contributed by atoms with Gasteiger partial charge in [0.2, 0.25) is 0 Å². The molecular formula is C15H14N2O3S. The van der Waals surface area contributed by atoms with Crippen molar-refractivity contribution in [2.45, 2.75) is 6.42 Å². The first-order valence-corrected chi connectivity index (χ1v) is 7.37. The lowest BCUT2D eigenvalue weighted by Crippen LogP contribution is -2.25. The van der Waals surface area contributed by atoms with E-state index in [9.17, 15) is 15.0 Å². The van der Waals surface area contributed by atoms with Crippen LogP contribution in [0.2, 0.25) is 0 Å². The molecule has 0 fully saturated rings. The average Bonchev–Trinajstić information content (AvgIpc) is 3.03. The molecule has 1 aromatic carbocycles. The number of H-pyrrole nitrogens is 1. The molecule has 0 bridgehead atoms. The van der Waals surface area contributed by atoms with Gasteiger partial charge in [0.05, 0.1) is 10.2 Å². The lowest BCUT2D eigenvalue weighted by molar-refractivity contribution is 0.0950. The van der Waals surface area contributed by atoms with Gasteiger partial charge in [-0.2, -0.15) is 0 Å². The summed E-state index contributed by atoms with van der Waals surface area (Å²) in [6, 6.07) is 8.42.